The first kappa shape index (κ1) is 21.8. The third-order valence-corrected chi connectivity index (χ3v) is 7.31. The molecule has 2 aliphatic rings. The second-order valence-electron chi connectivity index (χ2n) is 9.48. The number of aryl methyl sites for hydroxylation is 2. The van der Waals surface area contributed by atoms with Crippen molar-refractivity contribution in [2.45, 2.75) is 91.4 Å². The van der Waals surface area contributed by atoms with Gasteiger partial charge < -0.3 is 9.88 Å². The van der Waals surface area contributed by atoms with Crippen LogP contribution in [0.25, 0.3) is 11.2 Å². The molecule has 0 radical (unpaired) electrons. The summed E-state index contributed by atoms with van der Waals surface area (Å²) in [6.07, 6.45) is 9.32. The van der Waals surface area contributed by atoms with E-state index in [0.717, 1.165) is 29.7 Å². The van der Waals surface area contributed by atoms with E-state index in [1.165, 1.54) is 30.3 Å². The number of nitrogens with one attached hydrogen (secondary N) is 1. The molecule has 31 heavy (non-hydrogen) atoms. The highest BCUT2D eigenvalue weighted by Crippen LogP contribution is 2.49. The van der Waals surface area contributed by atoms with Gasteiger partial charge in [-0.05, 0) is 56.8 Å². The number of carbonyl (C=O) groups excluding carboxylic acids is 1. The van der Waals surface area contributed by atoms with Gasteiger partial charge in [0.15, 0.2) is 11.2 Å². The molecule has 2 heterocycles. The number of aromatic nitrogens is 4. The number of carbonyl (C=O) groups is 1. The Bertz CT molecular complexity index is 1070. The molecule has 0 spiro atoms. The average molecular weight is 430 g/mol. The van der Waals surface area contributed by atoms with Crippen molar-refractivity contribution < 1.29 is 4.79 Å². The van der Waals surface area contributed by atoms with Crippen LogP contribution in [-0.2, 0) is 24.4 Å². The molecular weight excluding hydrogens is 394 g/mol. The summed E-state index contributed by atoms with van der Waals surface area (Å²) in [5, 5.41) is 3.08. The fourth-order valence-corrected chi connectivity index (χ4v) is 5.76. The second-order valence-corrected chi connectivity index (χ2v) is 9.48. The lowest BCUT2D eigenvalue weighted by molar-refractivity contribution is -0.122. The number of nitrogens with zero attached hydrogens (tertiary/aromatic N) is 4. The van der Waals surface area contributed by atoms with Crippen molar-refractivity contribution >= 4 is 17.1 Å². The minimum atomic E-state index is -0.456. The lowest BCUT2D eigenvalue weighted by Crippen LogP contribution is -2.47. The van der Waals surface area contributed by atoms with Crippen molar-refractivity contribution in [2.24, 2.45) is 17.8 Å². The molecule has 4 rings (SSSR count). The molecule has 1 amide bonds. The third kappa shape index (κ3) is 4.08. The number of hydrogen-bond acceptors (Lipinski definition) is 4. The molecule has 2 aliphatic carbocycles. The molecule has 2 fully saturated rings. The Hall–Kier alpha value is -2.38. The summed E-state index contributed by atoms with van der Waals surface area (Å²) in [6.45, 7) is 7.01. The Balaban J connectivity index is 1.60. The molecule has 0 aliphatic heterocycles. The third-order valence-electron chi connectivity index (χ3n) is 7.31. The van der Waals surface area contributed by atoms with Crippen molar-refractivity contribution in [2.75, 3.05) is 0 Å². The maximum atomic E-state index is 13.2. The number of hydrogen-bond donors (Lipinski definition) is 1. The predicted molar refractivity (Wildman–Crippen MR) is 120 cm³/mol. The highest BCUT2D eigenvalue weighted by atomic mass is 16.2. The van der Waals surface area contributed by atoms with Gasteiger partial charge in [-0.25, -0.2) is 14.3 Å². The number of rotatable bonds is 9. The molecule has 4 atom stereocenters. The SMILES string of the molecule is CCCCn1cnc2c1c(=O)n(CC(=O)NC(C)C1CC3CCC1C3)c(=O)n2CCC. The van der Waals surface area contributed by atoms with E-state index in [1.807, 2.05) is 11.5 Å². The molecule has 4 unspecified atom stereocenters. The molecule has 2 aromatic heterocycles. The fraction of sp³-hybridized carbons (Fsp3) is 0.739. The first-order chi connectivity index (χ1) is 14.9. The molecule has 2 saturated carbocycles. The zero-order valence-electron chi connectivity index (χ0n) is 19.0. The minimum absolute atomic E-state index is 0.0650. The maximum Gasteiger partial charge on any atom is 0.333 e. The van der Waals surface area contributed by atoms with Crippen molar-refractivity contribution in [3.8, 4) is 0 Å². The van der Waals surface area contributed by atoms with E-state index in [-0.39, 0.29) is 18.5 Å². The molecule has 2 bridgehead atoms. The summed E-state index contributed by atoms with van der Waals surface area (Å²) < 4.78 is 4.44. The highest BCUT2D eigenvalue weighted by molar-refractivity contribution is 5.77. The second kappa shape index (κ2) is 9.01. The summed E-state index contributed by atoms with van der Waals surface area (Å²) in [4.78, 5) is 43.6. The molecule has 0 aromatic carbocycles. The fourth-order valence-electron chi connectivity index (χ4n) is 5.76. The van der Waals surface area contributed by atoms with Gasteiger partial charge in [0.1, 0.15) is 6.54 Å². The Morgan fingerprint density at radius 2 is 1.97 bits per heavy atom. The lowest BCUT2D eigenvalue weighted by Gasteiger charge is -2.28. The van der Waals surface area contributed by atoms with Crippen LogP contribution in [0.15, 0.2) is 15.9 Å². The van der Waals surface area contributed by atoms with Crippen LogP contribution >= 0.6 is 0 Å². The number of fused-ring (bicyclic) bond motifs is 3. The first-order valence-electron chi connectivity index (χ1n) is 11.9. The Labute approximate surface area is 182 Å². The number of imidazole rings is 1. The van der Waals surface area contributed by atoms with E-state index in [2.05, 4.69) is 24.1 Å². The largest absolute Gasteiger partial charge is 0.352 e. The molecule has 170 valence electrons. The van der Waals surface area contributed by atoms with Crippen LogP contribution in [0.3, 0.4) is 0 Å². The molecule has 8 heteroatoms. The van der Waals surface area contributed by atoms with Crippen LogP contribution < -0.4 is 16.6 Å². The predicted octanol–water partition coefficient (Wildman–Crippen LogP) is 2.51. The van der Waals surface area contributed by atoms with Crippen LogP contribution in [0.2, 0.25) is 0 Å². The highest BCUT2D eigenvalue weighted by Gasteiger charge is 2.42. The van der Waals surface area contributed by atoms with Crippen molar-refractivity contribution in [3.05, 3.63) is 27.2 Å². The monoisotopic (exact) mass is 429 g/mol. The van der Waals surface area contributed by atoms with Gasteiger partial charge >= 0.3 is 5.69 Å². The molecule has 8 nitrogen and oxygen atoms in total. The summed E-state index contributed by atoms with van der Waals surface area (Å²) in [7, 11) is 0. The zero-order chi connectivity index (χ0) is 22.1. The normalized spacial score (nSPS) is 23.5. The van der Waals surface area contributed by atoms with Gasteiger partial charge in [0.25, 0.3) is 5.56 Å². The zero-order valence-corrected chi connectivity index (χ0v) is 19.0. The molecule has 0 saturated heterocycles. The molecular formula is C23H35N5O3. The van der Waals surface area contributed by atoms with Gasteiger partial charge in [-0.2, -0.15) is 0 Å². The molecule has 1 N–H and O–H groups in total. The average Bonchev–Trinajstić information content (AvgIpc) is 3.48. The minimum Gasteiger partial charge on any atom is -0.352 e. The maximum absolute atomic E-state index is 13.2. The number of unbranched alkanes of at least 4 members (excludes halogenated alkanes) is 1. The summed E-state index contributed by atoms with van der Waals surface area (Å²) in [5.74, 6) is 1.75. The van der Waals surface area contributed by atoms with E-state index in [1.54, 1.807) is 6.33 Å². The first-order valence-corrected chi connectivity index (χ1v) is 11.9. The van der Waals surface area contributed by atoms with Gasteiger partial charge in [0.05, 0.1) is 6.33 Å². The van der Waals surface area contributed by atoms with E-state index >= 15 is 0 Å². The van der Waals surface area contributed by atoms with Gasteiger partial charge in [-0.1, -0.05) is 26.7 Å². The van der Waals surface area contributed by atoms with Gasteiger partial charge in [-0.3, -0.25) is 14.2 Å². The van der Waals surface area contributed by atoms with Crippen LogP contribution in [0.5, 0.6) is 0 Å². The van der Waals surface area contributed by atoms with Crippen molar-refractivity contribution in [1.82, 2.24) is 24.0 Å². The van der Waals surface area contributed by atoms with Gasteiger partial charge in [0, 0.05) is 19.1 Å². The van der Waals surface area contributed by atoms with Crippen LogP contribution in [-0.4, -0.2) is 30.6 Å². The lowest BCUT2D eigenvalue weighted by atomic mass is 9.84. The van der Waals surface area contributed by atoms with Crippen LogP contribution in [0, 0.1) is 17.8 Å². The van der Waals surface area contributed by atoms with E-state index < -0.39 is 11.2 Å². The smallest absolute Gasteiger partial charge is 0.333 e. The van der Waals surface area contributed by atoms with Gasteiger partial charge in [0.2, 0.25) is 5.91 Å². The topological polar surface area (TPSA) is 90.9 Å². The van der Waals surface area contributed by atoms with E-state index in [0.29, 0.717) is 36.1 Å². The van der Waals surface area contributed by atoms with E-state index in [4.69, 9.17) is 0 Å². The van der Waals surface area contributed by atoms with Crippen LogP contribution in [0.1, 0.15) is 65.7 Å². The van der Waals surface area contributed by atoms with Crippen LogP contribution in [0.4, 0.5) is 0 Å². The summed E-state index contributed by atoms with van der Waals surface area (Å²) >= 11 is 0. The Morgan fingerprint density at radius 3 is 2.61 bits per heavy atom. The van der Waals surface area contributed by atoms with E-state index in [9.17, 15) is 14.4 Å². The Morgan fingerprint density at radius 1 is 1.16 bits per heavy atom. The summed E-state index contributed by atoms with van der Waals surface area (Å²) in [5.41, 5.74) is -0.0538. The van der Waals surface area contributed by atoms with Crippen molar-refractivity contribution in [1.29, 1.82) is 0 Å². The standard InChI is InChI=1S/C23H35N5O3/c1-4-6-10-26-14-24-21-20(26)22(30)28(23(31)27(21)9-5-2)13-19(29)25-15(3)18-12-16-7-8-17(18)11-16/h14-18H,4-13H2,1-3H3,(H,25,29). The Kier molecular flexibility index (Phi) is 6.34. The van der Waals surface area contributed by atoms with Gasteiger partial charge in [-0.15, -0.1) is 0 Å². The quantitative estimate of drug-likeness (QED) is 0.663. The summed E-state index contributed by atoms with van der Waals surface area (Å²) in [6, 6.07) is 0.0650. The molecule has 2 aromatic rings. The number of amides is 1. The van der Waals surface area contributed by atoms with Crippen molar-refractivity contribution in [3.63, 3.8) is 0 Å².